The van der Waals surface area contributed by atoms with E-state index in [-0.39, 0.29) is 29.1 Å². The van der Waals surface area contributed by atoms with Crippen LogP contribution >= 0.6 is 23.2 Å². The summed E-state index contributed by atoms with van der Waals surface area (Å²) >= 11 is 11.9. The SMILES string of the molecule is COCc1c(F)c(Cl)c(COC(=O)[C@@H]2[C@@H](C=C(C)C#N)C2(C)C)c(Cl)c1F. The van der Waals surface area contributed by atoms with Crippen molar-refractivity contribution in [1.29, 1.82) is 5.26 Å². The van der Waals surface area contributed by atoms with E-state index in [9.17, 15) is 13.6 Å². The molecule has 146 valence electrons. The van der Waals surface area contributed by atoms with E-state index in [4.69, 9.17) is 37.9 Å². The third-order valence-electron chi connectivity index (χ3n) is 4.86. The van der Waals surface area contributed by atoms with Gasteiger partial charge in [0.15, 0.2) is 11.6 Å². The number of esters is 1. The maximum absolute atomic E-state index is 14.3. The predicted molar refractivity (Wildman–Crippen MR) is 97.0 cm³/mol. The zero-order valence-electron chi connectivity index (χ0n) is 15.3. The summed E-state index contributed by atoms with van der Waals surface area (Å²) in [5.41, 5.74) is -0.391. The third kappa shape index (κ3) is 4.11. The van der Waals surface area contributed by atoms with E-state index in [1.54, 1.807) is 13.0 Å². The lowest BCUT2D eigenvalue weighted by Crippen LogP contribution is -2.12. The first kappa shape index (κ1) is 21.6. The van der Waals surface area contributed by atoms with Crippen molar-refractivity contribution in [2.24, 2.45) is 17.3 Å². The largest absolute Gasteiger partial charge is 0.460 e. The molecule has 4 nitrogen and oxygen atoms in total. The first-order valence-electron chi connectivity index (χ1n) is 8.15. The Hall–Kier alpha value is -1.68. The van der Waals surface area contributed by atoms with Gasteiger partial charge in [0.2, 0.25) is 0 Å². The van der Waals surface area contributed by atoms with E-state index >= 15 is 0 Å². The number of halogens is 4. The molecule has 0 bridgehead atoms. The lowest BCUT2D eigenvalue weighted by Gasteiger charge is -2.14. The maximum atomic E-state index is 14.3. The van der Waals surface area contributed by atoms with Crippen LogP contribution in [-0.2, 0) is 27.5 Å². The molecule has 27 heavy (non-hydrogen) atoms. The minimum Gasteiger partial charge on any atom is -0.460 e. The highest BCUT2D eigenvalue weighted by Gasteiger charge is 2.61. The molecule has 1 aliphatic carbocycles. The van der Waals surface area contributed by atoms with Crippen LogP contribution in [0.3, 0.4) is 0 Å². The van der Waals surface area contributed by atoms with Crippen molar-refractivity contribution >= 4 is 29.2 Å². The monoisotopic (exact) mass is 417 g/mol. The van der Waals surface area contributed by atoms with Gasteiger partial charge in [0, 0.05) is 18.2 Å². The van der Waals surface area contributed by atoms with Crippen molar-refractivity contribution in [3.8, 4) is 6.07 Å². The average molecular weight is 418 g/mol. The molecular formula is C19H19Cl2F2NO3. The number of nitrogens with zero attached hydrogens (tertiary/aromatic N) is 1. The van der Waals surface area contributed by atoms with Crippen LogP contribution in [0.15, 0.2) is 11.6 Å². The number of ether oxygens (including phenoxy) is 2. The molecule has 1 aromatic carbocycles. The highest BCUT2D eigenvalue weighted by molar-refractivity contribution is 6.36. The lowest BCUT2D eigenvalue weighted by molar-refractivity contribution is -0.147. The van der Waals surface area contributed by atoms with Gasteiger partial charge in [-0.3, -0.25) is 4.79 Å². The summed E-state index contributed by atoms with van der Waals surface area (Å²) in [6.07, 6.45) is 1.73. The van der Waals surface area contributed by atoms with E-state index in [1.807, 2.05) is 19.9 Å². The minimum absolute atomic E-state index is 0.139. The Balaban J connectivity index is 2.18. The fourth-order valence-electron chi connectivity index (χ4n) is 3.10. The molecule has 1 aliphatic rings. The highest BCUT2D eigenvalue weighted by atomic mass is 35.5. The van der Waals surface area contributed by atoms with E-state index in [1.165, 1.54) is 7.11 Å². The van der Waals surface area contributed by atoms with E-state index in [2.05, 4.69) is 0 Å². The molecule has 8 heteroatoms. The maximum Gasteiger partial charge on any atom is 0.310 e. The van der Waals surface area contributed by atoms with Gasteiger partial charge in [-0.25, -0.2) is 8.78 Å². The minimum atomic E-state index is -0.997. The number of carbonyl (C=O) groups excluding carboxylic acids is 1. The summed E-state index contributed by atoms with van der Waals surface area (Å²) in [4.78, 5) is 12.4. The fraction of sp³-hybridized carbons (Fsp3) is 0.474. The molecule has 2 atom stereocenters. The second kappa shape index (κ2) is 8.14. The van der Waals surface area contributed by atoms with Crippen LogP contribution in [0.4, 0.5) is 8.78 Å². The summed E-state index contributed by atoms with van der Waals surface area (Å²) in [6, 6.07) is 2.01. The molecule has 1 saturated carbocycles. The van der Waals surface area contributed by atoms with Crippen LogP contribution in [0.25, 0.3) is 0 Å². The number of rotatable bonds is 6. The summed E-state index contributed by atoms with van der Waals surface area (Å²) in [6.45, 7) is 4.62. The molecule has 0 unspecified atom stereocenters. The number of methoxy groups -OCH3 is 1. The quantitative estimate of drug-likeness (QED) is 0.362. The molecule has 0 amide bonds. The van der Waals surface area contributed by atoms with Gasteiger partial charge in [-0.1, -0.05) is 43.1 Å². The summed E-state index contributed by atoms with van der Waals surface area (Å²) < 4.78 is 38.5. The molecule has 0 radical (unpaired) electrons. The molecule has 1 fully saturated rings. The Labute approximate surface area is 166 Å². The van der Waals surface area contributed by atoms with Gasteiger partial charge >= 0.3 is 5.97 Å². The van der Waals surface area contributed by atoms with E-state index in [0.717, 1.165) is 0 Å². The molecule has 0 heterocycles. The van der Waals surface area contributed by atoms with Crippen LogP contribution in [0, 0.1) is 40.2 Å². The van der Waals surface area contributed by atoms with Gasteiger partial charge in [-0.2, -0.15) is 5.26 Å². The van der Waals surface area contributed by atoms with Gasteiger partial charge in [0.1, 0.15) is 6.61 Å². The Morgan fingerprint density at radius 3 is 2.26 bits per heavy atom. The molecular weight excluding hydrogens is 399 g/mol. The van der Waals surface area contributed by atoms with Crippen molar-refractivity contribution < 1.29 is 23.0 Å². The van der Waals surface area contributed by atoms with Gasteiger partial charge in [0.25, 0.3) is 0 Å². The van der Waals surface area contributed by atoms with Crippen LogP contribution in [0.1, 0.15) is 31.9 Å². The second-order valence-corrected chi connectivity index (χ2v) is 7.80. The number of benzene rings is 1. The predicted octanol–water partition coefficient (Wildman–Crippen LogP) is 5.20. The number of nitriles is 1. The normalized spacial score (nSPS) is 20.9. The van der Waals surface area contributed by atoms with Gasteiger partial charge in [-0.15, -0.1) is 0 Å². The zero-order chi connectivity index (χ0) is 20.5. The standard InChI is InChI=1S/C19H19Cl2F2NO3/c1-9(6-24)5-12-13(19(12,2)3)18(25)27-8-10-14(20)16(22)11(7-26-4)17(23)15(10)21/h5,12-13H,7-8H2,1-4H3/t12-,13+/m1/s1. The van der Waals surface area contributed by atoms with E-state index in [0.29, 0.717) is 5.57 Å². The van der Waals surface area contributed by atoms with Gasteiger partial charge in [0.05, 0.1) is 34.2 Å². The number of hydrogen-bond acceptors (Lipinski definition) is 4. The fourth-order valence-corrected chi connectivity index (χ4v) is 3.67. The summed E-state index contributed by atoms with van der Waals surface area (Å²) in [7, 11) is 1.28. The van der Waals surface area contributed by atoms with Crippen molar-refractivity contribution in [2.75, 3.05) is 7.11 Å². The van der Waals surface area contributed by atoms with Crippen LogP contribution in [0.5, 0.6) is 0 Å². The molecule has 0 spiro atoms. The Bertz CT molecular complexity index is 817. The smallest absolute Gasteiger partial charge is 0.310 e. The second-order valence-electron chi connectivity index (χ2n) is 7.04. The van der Waals surface area contributed by atoms with Crippen LogP contribution < -0.4 is 0 Å². The van der Waals surface area contributed by atoms with Crippen LogP contribution in [0.2, 0.25) is 10.0 Å². The van der Waals surface area contributed by atoms with Crippen molar-refractivity contribution in [2.45, 2.75) is 34.0 Å². The first-order valence-corrected chi connectivity index (χ1v) is 8.91. The average Bonchev–Trinajstić information content (AvgIpc) is 3.16. The molecule has 0 saturated heterocycles. The third-order valence-corrected chi connectivity index (χ3v) is 5.65. The summed E-state index contributed by atoms with van der Waals surface area (Å²) in [5.74, 6) is -3.14. The highest BCUT2D eigenvalue weighted by Crippen LogP contribution is 2.60. The van der Waals surface area contributed by atoms with Gasteiger partial charge < -0.3 is 9.47 Å². The number of hydrogen-bond donors (Lipinski definition) is 0. The first-order chi connectivity index (χ1) is 12.6. The topological polar surface area (TPSA) is 59.3 Å². The number of allylic oxidation sites excluding steroid dienone is 2. The van der Waals surface area contributed by atoms with Crippen molar-refractivity contribution in [1.82, 2.24) is 0 Å². The zero-order valence-corrected chi connectivity index (χ0v) is 16.8. The molecule has 0 aliphatic heterocycles. The van der Waals surface area contributed by atoms with E-state index < -0.39 is 40.2 Å². The molecule has 0 N–H and O–H groups in total. The Kier molecular flexibility index (Phi) is 6.51. The molecule has 2 rings (SSSR count). The van der Waals surface area contributed by atoms with Crippen LogP contribution in [-0.4, -0.2) is 13.1 Å². The van der Waals surface area contributed by atoms with Crippen molar-refractivity contribution in [3.05, 3.63) is 44.5 Å². The number of carbonyl (C=O) groups is 1. The lowest BCUT2D eigenvalue weighted by atomic mass is 10.1. The Morgan fingerprint density at radius 1 is 1.22 bits per heavy atom. The molecule has 0 aromatic heterocycles. The molecule has 1 aromatic rings. The Morgan fingerprint density at radius 2 is 1.78 bits per heavy atom. The summed E-state index contributed by atoms with van der Waals surface area (Å²) in [5, 5.41) is 8.07. The van der Waals surface area contributed by atoms with Gasteiger partial charge in [-0.05, 0) is 18.3 Å². The van der Waals surface area contributed by atoms with Crippen molar-refractivity contribution in [3.63, 3.8) is 0 Å².